The monoisotopic (exact) mass is 373 g/mol. The molecule has 3 aromatic carbocycles. The minimum Gasteiger partial charge on any atom is -0.492 e. The minimum atomic E-state index is -0.0488. The van der Waals surface area contributed by atoms with E-state index in [0.717, 1.165) is 29.7 Å². The Balaban J connectivity index is 1.52. The van der Waals surface area contributed by atoms with Gasteiger partial charge in [0, 0.05) is 5.56 Å². The number of amides is 1. The van der Waals surface area contributed by atoms with E-state index in [1.807, 2.05) is 60.7 Å². The molecule has 1 N–H and O–H groups in total. The van der Waals surface area contributed by atoms with Crippen molar-refractivity contribution < 1.29 is 9.53 Å². The topological polar surface area (TPSA) is 38.3 Å². The number of ether oxygens (including phenoxy) is 1. The van der Waals surface area contributed by atoms with Crippen LogP contribution < -0.4 is 10.1 Å². The molecule has 0 atom stereocenters. The zero-order chi connectivity index (χ0) is 19.8. The third-order valence-electron chi connectivity index (χ3n) is 4.92. The quantitative estimate of drug-likeness (QED) is 0.571. The summed E-state index contributed by atoms with van der Waals surface area (Å²) in [5.41, 5.74) is 5.53. The SMILES string of the molecule is Cc1ccc(OCCNC(=O)c2ccccc2CCc2ccccc2)cc1C. The van der Waals surface area contributed by atoms with Gasteiger partial charge in [-0.15, -0.1) is 0 Å². The normalized spacial score (nSPS) is 10.5. The van der Waals surface area contributed by atoms with Crippen molar-refractivity contribution in [3.8, 4) is 5.75 Å². The smallest absolute Gasteiger partial charge is 0.251 e. The van der Waals surface area contributed by atoms with Gasteiger partial charge >= 0.3 is 0 Å². The van der Waals surface area contributed by atoms with Gasteiger partial charge in [0.15, 0.2) is 0 Å². The second-order valence-electron chi connectivity index (χ2n) is 6.99. The average Bonchev–Trinajstić information content (AvgIpc) is 2.73. The molecule has 0 aliphatic carbocycles. The first-order valence-corrected chi connectivity index (χ1v) is 9.73. The number of carbonyl (C=O) groups excluding carboxylic acids is 1. The maximum absolute atomic E-state index is 12.6. The molecule has 1 amide bonds. The Morgan fingerprint density at radius 3 is 2.39 bits per heavy atom. The van der Waals surface area contributed by atoms with Gasteiger partial charge in [-0.2, -0.15) is 0 Å². The maximum atomic E-state index is 12.6. The fourth-order valence-corrected chi connectivity index (χ4v) is 3.12. The van der Waals surface area contributed by atoms with Gasteiger partial charge in [-0.05, 0) is 67.1 Å². The number of benzene rings is 3. The fraction of sp³-hybridized carbons (Fsp3) is 0.240. The Bertz CT molecular complexity index is 919. The van der Waals surface area contributed by atoms with Crippen molar-refractivity contribution in [3.05, 3.63) is 101 Å². The molecule has 3 nitrogen and oxygen atoms in total. The van der Waals surface area contributed by atoms with Gasteiger partial charge in [0.1, 0.15) is 12.4 Å². The molecule has 0 bridgehead atoms. The average molecular weight is 373 g/mol. The van der Waals surface area contributed by atoms with Crippen LogP contribution in [0.25, 0.3) is 0 Å². The van der Waals surface area contributed by atoms with Crippen molar-refractivity contribution in [1.82, 2.24) is 5.32 Å². The summed E-state index contributed by atoms with van der Waals surface area (Å²) in [7, 11) is 0. The summed E-state index contributed by atoms with van der Waals surface area (Å²) in [5, 5.41) is 2.97. The lowest BCUT2D eigenvalue weighted by Crippen LogP contribution is -2.29. The van der Waals surface area contributed by atoms with E-state index in [9.17, 15) is 4.79 Å². The second-order valence-corrected chi connectivity index (χ2v) is 6.99. The Morgan fingerprint density at radius 1 is 0.857 bits per heavy atom. The van der Waals surface area contributed by atoms with Crippen LogP contribution in [0.2, 0.25) is 0 Å². The summed E-state index contributed by atoms with van der Waals surface area (Å²) in [5.74, 6) is 0.785. The molecule has 0 radical (unpaired) electrons. The highest BCUT2D eigenvalue weighted by atomic mass is 16.5. The van der Waals surface area contributed by atoms with Crippen LogP contribution >= 0.6 is 0 Å². The molecule has 0 unspecified atom stereocenters. The first-order valence-electron chi connectivity index (χ1n) is 9.73. The maximum Gasteiger partial charge on any atom is 0.251 e. The van der Waals surface area contributed by atoms with E-state index in [-0.39, 0.29) is 5.91 Å². The zero-order valence-corrected chi connectivity index (χ0v) is 16.6. The summed E-state index contributed by atoms with van der Waals surface area (Å²) in [6.45, 7) is 5.06. The molecular weight excluding hydrogens is 346 g/mol. The third-order valence-corrected chi connectivity index (χ3v) is 4.92. The predicted octanol–water partition coefficient (Wildman–Crippen LogP) is 4.90. The Hall–Kier alpha value is -3.07. The first kappa shape index (κ1) is 19.7. The highest BCUT2D eigenvalue weighted by Crippen LogP contribution is 2.16. The van der Waals surface area contributed by atoms with Gasteiger partial charge in [-0.25, -0.2) is 0 Å². The van der Waals surface area contributed by atoms with E-state index in [4.69, 9.17) is 4.74 Å². The van der Waals surface area contributed by atoms with Gasteiger partial charge in [0.2, 0.25) is 0 Å². The van der Waals surface area contributed by atoms with Crippen molar-refractivity contribution in [2.45, 2.75) is 26.7 Å². The molecule has 3 rings (SSSR count). The molecule has 0 heterocycles. The van der Waals surface area contributed by atoms with Crippen molar-refractivity contribution in [2.24, 2.45) is 0 Å². The molecule has 0 spiro atoms. The van der Waals surface area contributed by atoms with E-state index in [1.54, 1.807) is 0 Å². The van der Waals surface area contributed by atoms with Crippen LogP contribution in [-0.4, -0.2) is 19.1 Å². The van der Waals surface area contributed by atoms with Gasteiger partial charge < -0.3 is 10.1 Å². The van der Waals surface area contributed by atoms with Crippen LogP contribution in [0.15, 0.2) is 72.8 Å². The Kier molecular flexibility index (Phi) is 6.85. The van der Waals surface area contributed by atoms with Crippen molar-refractivity contribution >= 4 is 5.91 Å². The van der Waals surface area contributed by atoms with Crippen molar-refractivity contribution in [2.75, 3.05) is 13.2 Å². The molecule has 144 valence electrons. The summed E-state index contributed by atoms with van der Waals surface area (Å²) < 4.78 is 5.75. The van der Waals surface area contributed by atoms with Crippen LogP contribution in [0, 0.1) is 13.8 Å². The predicted molar refractivity (Wildman–Crippen MR) is 114 cm³/mol. The van der Waals surface area contributed by atoms with Crippen molar-refractivity contribution in [1.29, 1.82) is 0 Å². The summed E-state index contributed by atoms with van der Waals surface area (Å²) in [4.78, 5) is 12.6. The molecule has 0 fully saturated rings. The van der Waals surface area contributed by atoms with Gasteiger partial charge in [0.05, 0.1) is 6.54 Å². The number of hydrogen-bond acceptors (Lipinski definition) is 2. The van der Waals surface area contributed by atoms with E-state index in [1.165, 1.54) is 16.7 Å². The van der Waals surface area contributed by atoms with Gasteiger partial charge in [-0.1, -0.05) is 54.6 Å². The molecule has 0 aliphatic rings. The van der Waals surface area contributed by atoms with Crippen LogP contribution in [0.5, 0.6) is 5.75 Å². The van der Waals surface area contributed by atoms with Crippen LogP contribution in [0.4, 0.5) is 0 Å². The number of rotatable bonds is 8. The molecule has 0 saturated heterocycles. The van der Waals surface area contributed by atoms with E-state index >= 15 is 0 Å². The fourth-order valence-electron chi connectivity index (χ4n) is 3.12. The Labute approximate surface area is 167 Å². The van der Waals surface area contributed by atoms with E-state index in [0.29, 0.717) is 13.2 Å². The standard InChI is InChI=1S/C25H27NO2/c1-19-12-15-23(18-20(19)2)28-17-16-26-25(27)24-11-7-6-10-22(24)14-13-21-8-4-3-5-9-21/h3-12,15,18H,13-14,16-17H2,1-2H3,(H,26,27). The lowest BCUT2D eigenvalue weighted by Gasteiger charge is -2.12. The molecule has 3 aromatic rings. The van der Waals surface area contributed by atoms with E-state index in [2.05, 4.69) is 31.3 Å². The molecule has 0 aromatic heterocycles. The van der Waals surface area contributed by atoms with Crippen molar-refractivity contribution in [3.63, 3.8) is 0 Å². The number of nitrogens with one attached hydrogen (secondary N) is 1. The van der Waals surface area contributed by atoms with Gasteiger partial charge in [0.25, 0.3) is 5.91 Å². The number of aryl methyl sites for hydroxylation is 4. The molecule has 3 heteroatoms. The zero-order valence-electron chi connectivity index (χ0n) is 16.6. The van der Waals surface area contributed by atoms with E-state index < -0.39 is 0 Å². The number of carbonyl (C=O) groups is 1. The summed E-state index contributed by atoms with van der Waals surface area (Å²) in [6, 6.07) is 24.2. The second kappa shape index (κ2) is 9.75. The highest BCUT2D eigenvalue weighted by molar-refractivity contribution is 5.95. The molecule has 0 aliphatic heterocycles. The molecule has 28 heavy (non-hydrogen) atoms. The molecular formula is C25H27NO2. The third kappa shape index (κ3) is 5.46. The van der Waals surface area contributed by atoms with Gasteiger partial charge in [-0.3, -0.25) is 4.79 Å². The number of hydrogen-bond donors (Lipinski definition) is 1. The van der Waals surface area contributed by atoms with Crippen LogP contribution in [0.1, 0.15) is 32.6 Å². The molecule has 0 saturated carbocycles. The highest BCUT2D eigenvalue weighted by Gasteiger charge is 2.10. The lowest BCUT2D eigenvalue weighted by molar-refractivity contribution is 0.0946. The van der Waals surface area contributed by atoms with Crippen LogP contribution in [0.3, 0.4) is 0 Å². The first-order chi connectivity index (χ1) is 13.6. The summed E-state index contributed by atoms with van der Waals surface area (Å²) >= 11 is 0. The van der Waals surface area contributed by atoms with Crippen LogP contribution in [-0.2, 0) is 12.8 Å². The summed E-state index contributed by atoms with van der Waals surface area (Å²) in [6.07, 6.45) is 1.76. The minimum absolute atomic E-state index is 0.0488. The Morgan fingerprint density at radius 2 is 1.61 bits per heavy atom. The largest absolute Gasteiger partial charge is 0.492 e. The lowest BCUT2D eigenvalue weighted by atomic mass is 9.99.